The summed E-state index contributed by atoms with van der Waals surface area (Å²) in [5, 5.41) is 5.45. The van der Waals surface area contributed by atoms with E-state index in [9.17, 15) is 4.79 Å². The van der Waals surface area contributed by atoms with Crippen LogP contribution in [0.4, 0.5) is 5.95 Å². The first-order valence-corrected chi connectivity index (χ1v) is 4.57. The molecule has 0 aliphatic heterocycles. The van der Waals surface area contributed by atoms with Gasteiger partial charge < -0.3 is 15.4 Å². The van der Waals surface area contributed by atoms with E-state index in [0.29, 0.717) is 24.8 Å². The van der Waals surface area contributed by atoms with Crippen LogP contribution in [-0.4, -0.2) is 36.6 Å². The molecule has 0 saturated carbocycles. The van der Waals surface area contributed by atoms with E-state index in [4.69, 9.17) is 4.74 Å². The van der Waals surface area contributed by atoms with Crippen LogP contribution in [0.25, 0.3) is 0 Å². The van der Waals surface area contributed by atoms with E-state index < -0.39 is 0 Å². The SMILES string of the molecule is CNC(=O)CCNc1nccc(OC)n1. The molecule has 1 rings (SSSR count). The molecule has 1 aromatic heterocycles. The fourth-order valence-electron chi connectivity index (χ4n) is 0.954. The largest absolute Gasteiger partial charge is 0.481 e. The highest BCUT2D eigenvalue weighted by molar-refractivity contribution is 5.75. The molecule has 1 aromatic rings. The van der Waals surface area contributed by atoms with E-state index in [2.05, 4.69) is 20.6 Å². The molecule has 6 nitrogen and oxygen atoms in total. The maximum atomic E-state index is 10.9. The number of amides is 1. The fourth-order valence-corrected chi connectivity index (χ4v) is 0.954. The Morgan fingerprint density at radius 3 is 3.07 bits per heavy atom. The average Bonchev–Trinajstić information content (AvgIpc) is 2.29. The minimum Gasteiger partial charge on any atom is -0.481 e. The van der Waals surface area contributed by atoms with Crippen molar-refractivity contribution in [1.29, 1.82) is 0 Å². The first kappa shape index (κ1) is 11.2. The Labute approximate surface area is 88.1 Å². The zero-order valence-corrected chi connectivity index (χ0v) is 8.78. The molecule has 0 aromatic carbocycles. The number of nitrogens with one attached hydrogen (secondary N) is 2. The van der Waals surface area contributed by atoms with Crippen LogP contribution in [0.3, 0.4) is 0 Å². The molecule has 0 aliphatic carbocycles. The van der Waals surface area contributed by atoms with E-state index in [1.807, 2.05) is 0 Å². The monoisotopic (exact) mass is 210 g/mol. The van der Waals surface area contributed by atoms with Gasteiger partial charge in [0, 0.05) is 32.3 Å². The third kappa shape index (κ3) is 3.80. The second-order valence-corrected chi connectivity index (χ2v) is 2.77. The highest BCUT2D eigenvalue weighted by Crippen LogP contribution is 2.06. The molecule has 0 fully saturated rings. The molecule has 0 aliphatic rings. The van der Waals surface area contributed by atoms with Crippen molar-refractivity contribution >= 4 is 11.9 Å². The van der Waals surface area contributed by atoms with Crippen molar-refractivity contribution in [2.24, 2.45) is 0 Å². The van der Waals surface area contributed by atoms with Crippen LogP contribution in [0.2, 0.25) is 0 Å². The van der Waals surface area contributed by atoms with Crippen molar-refractivity contribution in [3.8, 4) is 5.88 Å². The zero-order chi connectivity index (χ0) is 11.1. The standard InChI is InChI=1S/C9H14N4O2/c1-10-7(14)3-5-11-9-12-6-4-8(13-9)15-2/h4,6H,3,5H2,1-2H3,(H,10,14)(H,11,12,13). The van der Waals surface area contributed by atoms with Gasteiger partial charge in [0.2, 0.25) is 17.7 Å². The minimum absolute atomic E-state index is 0.0228. The van der Waals surface area contributed by atoms with Gasteiger partial charge in [0.25, 0.3) is 0 Å². The maximum Gasteiger partial charge on any atom is 0.225 e. The Bertz CT molecular complexity index is 330. The molecule has 0 bridgehead atoms. The summed E-state index contributed by atoms with van der Waals surface area (Å²) < 4.78 is 4.93. The normalized spacial score (nSPS) is 9.47. The van der Waals surface area contributed by atoms with Crippen LogP contribution in [-0.2, 0) is 4.79 Å². The van der Waals surface area contributed by atoms with Gasteiger partial charge in [-0.3, -0.25) is 4.79 Å². The number of aromatic nitrogens is 2. The molecule has 1 amide bonds. The smallest absolute Gasteiger partial charge is 0.225 e. The van der Waals surface area contributed by atoms with Gasteiger partial charge in [0.15, 0.2) is 0 Å². The number of methoxy groups -OCH3 is 1. The summed E-state index contributed by atoms with van der Waals surface area (Å²) in [5.41, 5.74) is 0. The number of anilines is 1. The minimum atomic E-state index is -0.0228. The molecule has 0 spiro atoms. The molecule has 1 heterocycles. The molecular weight excluding hydrogens is 196 g/mol. The van der Waals surface area contributed by atoms with E-state index >= 15 is 0 Å². The molecule has 0 atom stereocenters. The van der Waals surface area contributed by atoms with Crippen LogP contribution < -0.4 is 15.4 Å². The van der Waals surface area contributed by atoms with Gasteiger partial charge in [-0.05, 0) is 0 Å². The van der Waals surface area contributed by atoms with Crippen LogP contribution >= 0.6 is 0 Å². The molecule has 0 radical (unpaired) electrons. The van der Waals surface area contributed by atoms with E-state index in [0.717, 1.165) is 0 Å². The Balaban J connectivity index is 2.40. The van der Waals surface area contributed by atoms with Crippen molar-refractivity contribution in [3.63, 3.8) is 0 Å². The molecule has 0 saturated heterocycles. The number of ether oxygens (including phenoxy) is 1. The van der Waals surface area contributed by atoms with Gasteiger partial charge in [-0.2, -0.15) is 4.98 Å². The van der Waals surface area contributed by atoms with E-state index in [-0.39, 0.29) is 5.91 Å². The molecule has 2 N–H and O–H groups in total. The predicted octanol–water partition coefficient (Wildman–Crippen LogP) is 0.0332. The third-order valence-corrected chi connectivity index (χ3v) is 1.75. The van der Waals surface area contributed by atoms with Gasteiger partial charge in [0.05, 0.1) is 7.11 Å². The van der Waals surface area contributed by atoms with Crippen molar-refractivity contribution < 1.29 is 9.53 Å². The summed E-state index contributed by atoms with van der Waals surface area (Å²) in [6, 6.07) is 1.66. The summed E-state index contributed by atoms with van der Waals surface area (Å²) in [6.07, 6.45) is 1.98. The Morgan fingerprint density at radius 1 is 1.60 bits per heavy atom. The van der Waals surface area contributed by atoms with Crippen molar-refractivity contribution in [2.45, 2.75) is 6.42 Å². The highest BCUT2D eigenvalue weighted by Gasteiger charge is 2.00. The first-order chi connectivity index (χ1) is 7.26. The second kappa shape index (κ2) is 5.79. The number of carbonyl (C=O) groups excluding carboxylic acids is 1. The van der Waals surface area contributed by atoms with Gasteiger partial charge in [-0.25, -0.2) is 4.98 Å². The third-order valence-electron chi connectivity index (χ3n) is 1.75. The Hall–Kier alpha value is -1.85. The summed E-state index contributed by atoms with van der Waals surface area (Å²) in [4.78, 5) is 18.9. The number of carbonyl (C=O) groups is 1. The molecule has 6 heteroatoms. The van der Waals surface area contributed by atoms with Gasteiger partial charge in [0.1, 0.15) is 0 Å². The second-order valence-electron chi connectivity index (χ2n) is 2.77. The Kier molecular flexibility index (Phi) is 4.33. The summed E-state index contributed by atoms with van der Waals surface area (Å²) in [6.45, 7) is 0.493. The van der Waals surface area contributed by atoms with Crippen molar-refractivity contribution in [1.82, 2.24) is 15.3 Å². The quantitative estimate of drug-likeness (QED) is 0.717. The zero-order valence-electron chi connectivity index (χ0n) is 8.78. The van der Waals surface area contributed by atoms with Crippen LogP contribution in [0.15, 0.2) is 12.3 Å². The van der Waals surface area contributed by atoms with Crippen LogP contribution in [0, 0.1) is 0 Å². The number of rotatable bonds is 5. The number of nitrogens with zero attached hydrogens (tertiary/aromatic N) is 2. The van der Waals surface area contributed by atoms with Crippen LogP contribution in [0.1, 0.15) is 6.42 Å². The first-order valence-electron chi connectivity index (χ1n) is 4.57. The summed E-state index contributed by atoms with van der Waals surface area (Å²) in [5.74, 6) is 0.927. The molecule has 15 heavy (non-hydrogen) atoms. The predicted molar refractivity (Wildman–Crippen MR) is 55.8 cm³/mol. The topological polar surface area (TPSA) is 76.1 Å². The molecule has 0 unspecified atom stereocenters. The Morgan fingerprint density at radius 2 is 2.40 bits per heavy atom. The fraction of sp³-hybridized carbons (Fsp3) is 0.444. The lowest BCUT2D eigenvalue weighted by Crippen LogP contribution is -2.21. The van der Waals surface area contributed by atoms with Crippen LogP contribution in [0.5, 0.6) is 5.88 Å². The van der Waals surface area contributed by atoms with Gasteiger partial charge in [-0.15, -0.1) is 0 Å². The number of hydrogen-bond acceptors (Lipinski definition) is 5. The highest BCUT2D eigenvalue weighted by atomic mass is 16.5. The lowest BCUT2D eigenvalue weighted by Gasteiger charge is -2.04. The number of hydrogen-bond donors (Lipinski definition) is 2. The van der Waals surface area contributed by atoms with Gasteiger partial charge in [-0.1, -0.05) is 0 Å². The van der Waals surface area contributed by atoms with Gasteiger partial charge >= 0.3 is 0 Å². The lowest BCUT2D eigenvalue weighted by molar-refractivity contribution is -0.120. The average molecular weight is 210 g/mol. The maximum absolute atomic E-state index is 10.9. The van der Waals surface area contributed by atoms with Crippen molar-refractivity contribution in [3.05, 3.63) is 12.3 Å². The van der Waals surface area contributed by atoms with E-state index in [1.165, 1.54) is 7.11 Å². The lowest BCUT2D eigenvalue weighted by atomic mass is 10.4. The van der Waals surface area contributed by atoms with Crippen molar-refractivity contribution in [2.75, 3.05) is 26.0 Å². The summed E-state index contributed by atoms with van der Waals surface area (Å²) in [7, 11) is 3.14. The van der Waals surface area contributed by atoms with E-state index in [1.54, 1.807) is 19.3 Å². The molecule has 82 valence electrons. The molecular formula is C9H14N4O2. The summed E-state index contributed by atoms with van der Waals surface area (Å²) >= 11 is 0.